The van der Waals surface area contributed by atoms with Crippen molar-refractivity contribution in [3.8, 4) is 0 Å². The molecule has 0 saturated heterocycles. The van der Waals surface area contributed by atoms with Gasteiger partial charge in [0.25, 0.3) is 0 Å². The lowest BCUT2D eigenvalue weighted by atomic mass is 9.99. The summed E-state index contributed by atoms with van der Waals surface area (Å²) in [7, 11) is 0. The molecule has 102 valence electrons. The molecule has 1 aliphatic rings. The fourth-order valence-electron chi connectivity index (χ4n) is 2.59. The standard InChI is InChI=1S/C17H18N2O/c1-13(20)19-10-9-14-11-17(8-7-15(14)12-19)18-16-5-3-2-4-6-16/h2-8,11,18H,9-10,12H2,1H3. The summed E-state index contributed by atoms with van der Waals surface area (Å²) in [6.07, 6.45) is 0.930. The van der Waals surface area contributed by atoms with Crippen molar-refractivity contribution in [2.75, 3.05) is 11.9 Å². The van der Waals surface area contributed by atoms with Crippen LogP contribution in [-0.4, -0.2) is 17.4 Å². The summed E-state index contributed by atoms with van der Waals surface area (Å²) in [6, 6.07) is 16.5. The highest BCUT2D eigenvalue weighted by atomic mass is 16.2. The van der Waals surface area contributed by atoms with Gasteiger partial charge in [-0.05, 0) is 41.8 Å². The smallest absolute Gasteiger partial charge is 0.219 e. The molecule has 0 aromatic heterocycles. The summed E-state index contributed by atoms with van der Waals surface area (Å²) in [5.74, 6) is 0.155. The Balaban J connectivity index is 1.79. The fourth-order valence-corrected chi connectivity index (χ4v) is 2.59. The average molecular weight is 266 g/mol. The molecule has 0 fully saturated rings. The van der Waals surface area contributed by atoms with Crippen molar-refractivity contribution in [2.24, 2.45) is 0 Å². The maximum atomic E-state index is 11.4. The lowest BCUT2D eigenvalue weighted by Gasteiger charge is -2.28. The number of rotatable bonds is 2. The third-order valence-corrected chi connectivity index (χ3v) is 3.73. The zero-order valence-corrected chi connectivity index (χ0v) is 11.6. The highest BCUT2D eigenvalue weighted by molar-refractivity contribution is 5.73. The molecule has 0 spiro atoms. The van der Waals surface area contributed by atoms with E-state index in [4.69, 9.17) is 0 Å². The number of hydrogen-bond donors (Lipinski definition) is 1. The first kappa shape index (κ1) is 12.7. The van der Waals surface area contributed by atoms with Crippen molar-refractivity contribution >= 4 is 17.3 Å². The van der Waals surface area contributed by atoms with Gasteiger partial charge in [0.2, 0.25) is 5.91 Å². The monoisotopic (exact) mass is 266 g/mol. The molecule has 2 aromatic rings. The second kappa shape index (κ2) is 5.37. The van der Waals surface area contributed by atoms with Crippen LogP contribution in [0, 0.1) is 0 Å². The van der Waals surface area contributed by atoms with Crippen LogP contribution in [0.1, 0.15) is 18.1 Å². The van der Waals surface area contributed by atoms with Crippen LogP contribution < -0.4 is 5.32 Å². The highest BCUT2D eigenvalue weighted by Gasteiger charge is 2.18. The van der Waals surface area contributed by atoms with Gasteiger partial charge in [0.15, 0.2) is 0 Å². The van der Waals surface area contributed by atoms with Crippen molar-refractivity contribution in [1.82, 2.24) is 4.90 Å². The number of fused-ring (bicyclic) bond motifs is 1. The highest BCUT2D eigenvalue weighted by Crippen LogP contribution is 2.24. The zero-order valence-electron chi connectivity index (χ0n) is 11.6. The Morgan fingerprint density at radius 1 is 1.05 bits per heavy atom. The van der Waals surface area contributed by atoms with E-state index in [1.54, 1.807) is 6.92 Å². The zero-order chi connectivity index (χ0) is 13.9. The van der Waals surface area contributed by atoms with E-state index in [1.165, 1.54) is 11.1 Å². The van der Waals surface area contributed by atoms with Gasteiger partial charge >= 0.3 is 0 Å². The second-order valence-corrected chi connectivity index (χ2v) is 5.17. The molecule has 0 atom stereocenters. The molecular weight excluding hydrogens is 248 g/mol. The van der Waals surface area contributed by atoms with Crippen LogP contribution in [0.15, 0.2) is 48.5 Å². The molecule has 0 unspecified atom stereocenters. The lowest BCUT2D eigenvalue weighted by molar-refractivity contribution is -0.129. The molecular formula is C17H18N2O. The normalized spacial score (nSPS) is 13.8. The van der Waals surface area contributed by atoms with Crippen molar-refractivity contribution < 1.29 is 4.79 Å². The Bertz CT molecular complexity index is 622. The Labute approximate surface area is 119 Å². The van der Waals surface area contributed by atoms with Crippen molar-refractivity contribution in [1.29, 1.82) is 0 Å². The largest absolute Gasteiger partial charge is 0.356 e. The van der Waals surface area contributed by atoms with Crippen molar-refractivity contribution in [2.45, 2.75) is 19.9 Å². The SMILES string of the molecule is CC(=O)N1CCc2cc(Nc3ccccc3)ccc2C1. The molecule has 0 radical (unpaired) electrons. The lowest BCUT2D eigenvalue weighted by Crippen LogP contribution is -2.34. The van der Waals surface area contributed by atoms with E-state index >= 15 is 0 Å². The topological polar surface area (TPSA) is 32.3 Å². The number of anilines is 2. The molecule has 3 heteroatoms. The summed E-state index contributed by atoms with van der Waals surface area (Å²) >= 11 is 0. The number of nitrogens with zero attached hydrogens (tertiary/aromatic N) is 1. The predicted octanol–water partition coefficient (Wildman–Crippen LogP) is 3.33. The third-order valence-electron chi connectivity index (χ3n) is 3.73. The second-order valence-electron chi connectivity index (χ2n) is 5.17. The Morgan fingerprint density at radius 2 is 1.85 bits per heavy atom. The molecule has 20 heavy (non-hydrogen) atoms. The van der Waals surface area contributed by atoms with Gasteiger partial charge in [-0.15, -0.1) is 0 Å². The van der Waals surface area contributed by atoms with Crippen LogP contribution in [0.5, 0.6) is 0 Å². The molecule has 2 aromatic carbocycles. The first-order valence-corrected chi connectivity index (χ1v) is 6.92. The summed E-state index contributed by atoms with van der Waals surface area (Å²) < 4.78 is 0. The molecule has 1 aliphatic heterocycles. The minimum atomic E-state index is 0.155. The maximum absolute atomic E-state index is 11.4. The van der Waals surface area contributed by atoms with E-state index in [9.17, 15) is 4.79 Å². The average Bonchev–Trinajstić information content (AvgIpc) is 2.47. The maximum Gasteiger partial charge on any atom is 0.219 e. The number of para-hydroxylation sites is 1. The predicted molar refractivity (Wildman–Crippen MR) is 81.0 cm³/mol. The minimum Gasteiger partial charge on any atom is -0.356 e. The number of nitrogens with one attached hydrogen (secondary N) is 1. The van der Waals surface area contributed by atoms with Gasteiger partial charge in [-0.3, -0.25) is 4.79 Å². The van der Waals surface area contributed by atoms with E-state index in [0.29, 0.717) is 0 Å². The molecule has 0 aliphatic carbocycles. The molecule has 1 N–H and O–H groups in total. The van der Waals surface area contributed by atoms with Crippen LogP contribution in [0.25, 0.3) is 0 Å². The molecule has 1 amide bonds. The molecule has 1 heterocycles. The van der Waals surface area contributed by atoms with E-state index in [0.717, 1.165) is 30.9 Å². The van der Waals surface area contributed by atoms with E-state index in [1.807, 2.05) is 23.1 Å². The van der Waals surface area contributed by atoms with Gasteiger partial charge in [0.1, 0.15) is 0 Å². The molecule has 0 bridgehead atoms. The minimum absolute atomic E-state index is 0.155. The van der Waals surface area contributed by atoms with Crippen LogP contribution in [0.2, 0.25) is 0 Å². The number of benzene rings is 2. The number of carbonyl (C=O) groups excluding carboxylic acids is 1. The quantitative estimate of drug-likeness (QED) is 0.904. The number of hydrogen-bond acceptors (Lipinski definition) is 2. The summed E-state index contributed by atoms with van der Waals surface area (Å²) in [5, 5.41) is 3.41. The van der Waals surface area contributed by atoms with E-state index in [2.05, 4.69) is 35.6 Å². The van der Waals surface area contributed by atoms with Crippen LogP contribution >= 0.6 is 0 Å². The van der Waals surface area contributed by atoms with Gasteiger partial charge in [-0.25, -0.2) is 0 Å². The van der Waals surface area contributed by atoms with Crippen LogP contribution in [-0.2, 0) is 17.8 Å². The third kappa shape index (κ3) is 2.67. The van der Waals surface area contributed by atoms with Gasteiger partial charge in [0.05, 0.1) is 0 Å². The molecule has 3 rings (SSSR count). The van der Waals surface area contributed by atoms with Gasteiger partial charge < -0.3 is 10.2 Å². The number of amides is 1. The first-order valence-electron chi connectivity index (χ1n) is 6.92. The summed E-state index contributed by atoms with van der Waals surface area (Å²) in [6.45, 7) is 3.18. The Morgan fingerprint density at radius 3 is 2.60 bits per heavy atom. The Hall–Kier alpha value is -2.29. The van der Waals surface area contributed by atoms with E-state index in [-0.39, 0.29) is 5.91 Å². The summed E-state index contributed by atoms with van der Waals surface area (Å²) in [4.78, 5) is 13.3. The Kier molecular flexibility index (Phi) is 3.42. The number of carbonyl (C=O) groups is 1. The van der Waals surface area contributed by atoms with E-state index < -0.39 is 0 Å². The van der Waals surface area contributed by atoms with Gasteiger partial charge in [0, 0.05) is 31.4 Å². The van der Waals surface area contributed by atoms with Gasteiger partial charge in [-0.2, -0.15) is 0 Å². The van der Waals surface area contributed by atoms with Crippen LogP contribution in [0.4, 0.5) is 11.4 Å². The van der Waals surface area contributed by atoms with Crippen molar-refractivity contribution in [3.05, 3.63) is 59.7 Å². The van der Waals surface area contributed by atoms with Crippen LogP contribution in [0.3, 0.4) is 0 Å². The van der Waals surface area contributed by atoms with Gasteiger partial charge in [-0.1, -0.05) is 24.3 Å². The molecule has 0 saturated carbocycles. The fraction of sp³-hybridized carbons (Fsp3) is 0.235. The van der Waals surface area contributed by atoms with Crippen molar-refractivity contribution in [3.63, 3.8) is 0 Å². The first-order chi connectivity index (χ1) is 9.72. The summed E-state index contributed by atoms with van der Waals surface area (Å²) in [5.41, 5.74) is 4.79. The molecule has 3 nitrogen and oxygen atoms in total.